The molecule has 2 aromatic rings. The number of hydrogen-bond donors (Lipinski definition) is 0. The molecule has 0 radical (unpaired) electrons. The molecule has 1 heterocycles. The molecule has 0 amide bonds. The van der Waals surface area contributed by atoms with Crippen LogP contribution in [0.25, 0.3) is 10.1 Å². The molecule has 4 heteroatoms. The van der Waals surface area contributed by atoms with Gasteiger partial charge in [0.15, 0.2) is 6.29 Å². The molecular formula is C10H4ClNOS. The van der Waals surface area contributed by atoms with Crippen molar-refractivity contribution in [2.75, 3.05) is 0 Å². The average molecular weight is 222 g/mol. The Morgan fingerprint density at radius 2 is 2.29 bits per heavy atom. The van der Waals surface area contributed by atoms with Gasteiger partial charge in [-0.25, -0.2) is 0 Å². The molecule has 1 aromatic heterocycles. The Bertz CT molecular complexity index is 553. The quantitative estimate of drug-likeness (QED) is 0.694. The lowest BCUT2D eigenvalue weighted by Crippen LogP contribution is -1.79. The van der Waals surface area contributed by atoms with Crippen molar-refractivity contribution in [3.63, 3.8) is 0 Å². The lowest BCUT2D eigenvalue weighted by molar-refractivity contribution is 0.112. The Labute approximate surface area is 89.3 Å². The van der Waals surface area contributed by atoms with Gasteiger partial charge in [0.05, 0.1) is 15.3 Å². The summed E-state index contributed by atoms with van der Waals surface area (Å²) in [6.07, 6.45) is 0.756. The number of nitrogens with zero attached hydrogens (tertiary/aromatic N) is 1. The second kappa shape index (κ2) is 3.41. The van der Waals surface area contributed by atoms with Gasteiger partial charge < -0.3 is 0 Å². The zero-order valence-electron chi connectivity index (χ0n) is 6.95. The maximum Gasteiger partial charge on any atom is 0.151 e. The van der Waals surface area contributed by atoms with Crippen LogP contribution in [0.5, 0.6) is 0 Å². The van der Waals surface area contributed by atoms with Crippen LogP contribution in [0.1, 0.15) is 15.9 Å². The lowest BCUT2D eigenvalue weighted by Gasteiger charge is -1.96. The van der Waals surface area contributed by atoms with Crippen LogP contribution in [0, 0.1) is 11.3 Å². The normalized spacial score (nSPS) is 10.0. The average Bonchev–Trinajstić information content (AvgIpc) is 2.63. The van der Waals surface area contributed by atoms with Crippen LogP contribution in [0.3, 0.4) is 0 Å². The first-order valence-electron chi connectivity index (χ1n) is 3.83. The number of aldehydes is 1. The highest BCUT2D eigenvalue weighted by Crippen LogP contribution is 2.33. The van der Waals surface area contributed by atoms with Gasteiger partial charge in [-0.3, -0.25) is 4.79 Å². The molecule has 0 spiro atoms. The molecule has 0 aliphatic rings. The Hall–Kier alpha value is -1.37. The number of nitriles is 1. The van der Waals surface area contributed by atoms with E-state index in [1.165, 1.54) is 11.3 Å². The summed E-state index contributed by atoms with van der Waals surface area (Å²) in [5.41, 5.74) is 1.11. The smallest absolute Gasteiger partial charge is 0.151 e. The highest BCUT2D eigenvalue weighted by atomic mass is 35.5. The van der Waals surface area contributed by atoms with Crippen molar-refractivity contribution in [3.05, 3.63) is 33.7 Å². The van der Waals surface area contributed by atoms with Gasteiger partial charge >= 0.3 is 0 Å². The number of carbonyl (C=O) groups is 1. The summed E-state index contributed by atoms with van der Waals surface area (Å²) in [4.78, 5) is 10.7. The summed E-state index contributed by atoms with van der Waals surface area (Å²) in [7, 11) is 0. The van der Waals surface area contributed by atoms with E-state index >= 15 is 0 Å². The first-order valence-corrected chi connectivity index (χ1v) is 5.08. The van der Waals surface area contributed by atoms with Gasteiger partial charge in [0.25, 0.3) is 0 Å². The number of hydrogen-bond acceptors (Lipinski definition) is 3. The van der Waals surface area contributed by atoms with Gasteiger partial charge in [-0.15, -0.1) is 11.3 Å². The Kier molecular flexibility index (Phi) is 2.24. The van der Waals surface area contributed by atoms with Gasteiger partial charge in [-0.05, 0) is 12.1 Å². The third kappa shape index (κ3) is 1.20. The summed E-state index contributed by atoms with van der Waals surface area (Å²) in [5.74, 6) is 0. The van der Waals surface area contributed by atoms with E-state index in [1.54, 1.807) is 17.5 Å². The number of fused-ring (bicyclic) bond motifs is 1. The van der Waals surface area contributed by atoms with Crippen molar-refractivity contribution in [2.24, 2.45) is 0 Å². The number of thiophene rings is 1. The largest absolute Gasteiger partial charge is 0.298 e. The van der Waals surface area contributed by atoms with E-state index in [-0.39, 0.29) is 0 Å². The zero-order valence-corrected chi connectivity index (χ0v) is 8.52. The summed E-state index contributed by atoms with van der Waals surface area (Å²) in [6.45, 7) is 0. The molecule has 1 aromatic carbocycles. The van der Waals surface area contributed by atoms with Crippen LogP contribution >= 0.6 is 22.9 Å². The molecule has 2 rings (SSSR count). The summed E-state index contributed by atoms with van der Waals surface area (Å²) in [5, 5.41) is 11.7. The minimum atomic E-state index is 0.516. The first-order chi connectivity index (χ1) is 6.77. The minimum Gasteiger partial charge on any atom is -0.298 e. The maximum absolute atomic E-state index is 10.7. The molecule has 0 unspecified atom stereocenters. The van der Waals surface area contributed by atoms with E-state index in [2.05, 4.69) is 6.07 Å². The maximum atomic E-state index is 10.7. The van der Waals surface area contributed by atoms with Gasteiger partial charge in [0, 0.05) is 16.3 Å². The zero-order chi connectivity index (χ0) is 10.1. The SMILES string of the molecule is N#Cc1ccc(Cl)c2c(C=O)csc12. The predicted molar refractivity (Wildman–Crippen MR) is 56.9 cm³/mol. The molecule has 0 bridgehead atoms. The van der Waals surface area contributed by atoms with Gasteiger partial charge in [0.1, 0.15) is 6.07 Å². The Balaban J connectivity index is 2.95. The predicted octanol–water partition coefficient (Wildman–Crippen LogP) is 3.24. The van der Waals surface area contributed by atoms with E-state index in [0.717, 1.165) is 11.0 Å². The topological polar surface area (TPSA) is 40.9 Å². The number of carbonyl (C=O) groups excluding carboxylic acids is 1. The molecule has 0 N–H and O–H groups in total. The van der Waals surface area contributed by atoms with E-state index in [4.69, 9.17) is 16.9 Å². The van der Waals surface area contributed by atoms with Gasteiger partial charge in [-0.1, -0.05) is 11.6 Å². The van der Waals surface area contributed by atoms with Crippen molar-refractivity contribution >= 4 is 39.3 Å². The third-order valence-electron chi connectivity index (χ3n) is 1.95. The van der Waals surface area contributed by atoms with Crippen molar-refractivity contribution in [1.29, 1.82) is 5.26 Å². The van der Waals surface area contributed by atoms with Crippen molar-refractivity contribution < 1.29 is 4.79 Å². The van der Waals surface area contributed by atoms with E-state index in [9.17, 15) is 4.79 Å². The molecule has 2 nitrogen and oxygen atoms in total. The third-order valence-corrected chi connectivity index (χ3v) is 3.29. The number of halogens is 1. The second-order valence-corrected chi connectivity index (χ2v) is 4.01. The van der Waals surface area contributed by atoms with Crippen LogP contribution < -0.4 is 0 Å². The molecule has 0 saturated heterocycles. The summed E-state index contributed by atoms with van der Waals surface area (Å²) in [6, 6.07) is 5.37. The second-order valence-electron chi connectivity index (χ2n) is 2.72. The standard InChI is InChI=1S/C10H4ClNOS/c11-8-2-1-6(3-12)10-9(8)7(4-13)5-14-10/h1-2,4-5H. The van der Waals surface area contributed by atoms with E-state index < -0.39 is 0 Å². The highest BCUT2D eigenvalue weighted by molar-refractivity contribution is 7.18. The molecule has 14 heavy (non-hydrogen) atoms. The number of rotatable bonds is 1. The monoisotopic (exact) mass is 221 g/mol. The highest BCUT2D eigenvalue weighted by Gasteiger charge is 2.10. The first kappa shape index (κ1) is 9.20. The fourth-order valence-electron chi connectivity index (χ4n) is 1.31. The molecule has 68 valence electrons. The fraction of sp³-hybridized carbons (Fsp3) is 0. The van der Waals surface area contributed by atoms with Gasteiger partial charge in [-0.2, -0.15) is 5.26 Å². The van der Waals surface area contributed by atoms with Crippen LogP contribution in [0.4, 0.5) is 0 Å². The van der Waals surface area contributed by atoms with Crippen LogP contribution in [0.2, 0.25) is 5.02 Å². The molecular weight excluding hydrogens is 218 g/mol. The summed E-state index contributed by atoms with van der Waals surface area (Å²) < 4.78 is 0.780. The minimum absolute atomic E-state index is 0.516. The summed E-state index contributed by atoms with van der Waals surface area (Å²) >= 11 is 7.32. The van der Waals surface area contributed by atoms with Crippen LogP contribution in [-0.2, 0) is 0 Å². The molecule has 0 fully saturated rings. The Morgan fingerprint density at radius 3 is 2.93 bits per heavy atom. The van der Waals surface area contributed by atoms with Crippen LogP contribution in [0.15, 0.2) is 17.5 Å². The van der Waals surface area contributed by atoms with Crippen molar-refractivity contribution in [3.8, 4) is 6.07 Å². The molecule has 0 aliphatic carbocycles. The lowest BCUT2D eigenvalue weighted by atomic mass is 10.1. The Morgan fingerprint density at radius 1 is 1.50 bits per heavy atom. The molecule has 0 saturated carbocycles. The molecule has 0 aliphatic heterocycles. The van der Waals surface area contributed by atoms with E-state index in [0.29, 0.717) is 21.5 Å². The van der Waals surface area contributed by atoms with Crippen LogP contribution in [-0.4, -0.2) is 6.29 Å². The van der Waals surface area contributed by atoms with Gasteiger partial charge in [0.2, 0.25) is 0 Å². The van der Waals surface area contributed by atoms with Crippen molar-refractivity contribution in [2.45, 2.75) is 0 Å². The number of benzene rings is 1. The van der Waals surface area contributed by atoms with E-state index in [1.807, 2.05) is 0 Å². The fourth-order valence-corrected chi connectivity index (χ4v) is 2.63. The molecule has 0 atom stereocenters. The van der Waals surface area contributed by atoms with Crippen molar-refractivity contribution in [1.82, 2.24) is 0 Å².